The highest BCUT2D eigenvalue weighted by Gasteiger charge is 2.39. The molecule has 1 aromatic carbocycles. The Morgan fingerprint density at radius 1 is 1.21 bits per heavy atom. The second-order valence-electron chi connectivity index (χ2n) is 5.26. The number of benzene rings is 1. The predicted molar refractivity (Wildman–Crippen MR) is 83.2 cm³/mol. The summed E-state index contributed by atoms with van der Waals surface area (Å²) in [7, 11) is 0. The fourth-order valence-electron chi connectivity index (χ4n) is 2.03. The summed E-state index contributed by atoms with van der Waals surface area (Å²) >= 11 is 0.632. The van der Waals surface area contributed by atoms with E-state index in [1.807, 2.05) is 0 Å². The maximum Gasteiger partial charge on any atom is 0.417 e. The lowest BCUT2D eigenvalue weighted by molar-refractivity contribution is -0.143. The first-order valence-electron chi connectivity index (χ1n) is 7.07. The molecular formula is C14H8F7N3O3S. The predicted octanol–water partition coefficient (Wildman–Crippen LogP) is 3.26. The number of carboxylic acid groups (broad SMARTS) is 1. The lowest BCUT2D eigenvalue weighted by atomic mass is 10.0. The molecule has 1 unspecified atom stereocenters. The average Bonchev–Trinajstić information content (AvgIpc) is 2.85. The minimum atomic E-state index is -5.31. The van der Waals surface area contributed by atoms with E-state index in [9.17, 15) is 40.3 Å². The van der Waals surface area contributed by atoms with E-state index in [0.29, 0.717) is 11.8 Å². The largest absolute Gasteiger partial charge is 0.481 e. The second-order valence-corrected chi connectivity index (χ2v) is 6.45. The first kappa shape index (κ1) is 21.7. The summed E-state index contributed by atoms with van der Waals surface area (Å²) in [4.78, 5) is 22.1. The Bertz CT molecular complexity index is 865. The molecular weight excluding hydrogens is 423 g/mol. The van der Waals surface area contributed by atoms with E-state index >= 15 is 0 Å². The number of aliphatic carboxylic acids is 1. The van der Waals surface area contributed by atoms with Crippen LogP contribution in [0.5, 0.6) is 0 Å². The van der Waals surface area contributed by atoms with Crippen molar-refractivity contribution in [1.82, 2.24) is 5.32 Å². The zero-order valence-electron chi connectivity index (χ0n) is 13.2. The van der Waals surface area contributed by atoms with Gasteiger partial charge in [-0.2, -0.15) is 31.4 Å². The van der Waals surface area contributed by atoms with Crippen LogP contribution in [-0.4, -0.2) is 33.6 Å². The fourth-order valence-corrected chi connectivity index (χ4v) is 2.95. The highest BCUT2D eigenvalue weighted by atomic mass is 32.2. The number of carbonyl (C=O) groups excluding carboxylic acids is 1. The Morgan fingerprint density at radius 3 is 2.39 bits per heavy atom. The normalized spacial score (nSPS) is 19.5. The molecule has 0 aromatic heterocycles. The fraction of sp³-hybridized carbons (Fsp3) is 0.286. The number of carboxylic acids is 1. The number of alkyl halides is 6. The SMILES string of the molecule is O=C(O)CC1SC(=NN=Cc2c(F)cc(C(F)(F)F)cc2C(F)(F)F)NC1=O. The molecule has 0 aliphatic carbocycles. The second kappa shape index (κ2) is 7.77. The molecule has 28 heavy (non-hydrogen) atoms. The first-order valence-corrected chi connectivity index (χ1v) is 7.95. The van der Waals surface area contributed by atoms with Crippen LogP contribution in [0.25, 0.3) is 0 Å². The number of amidine groups is 1. The number of nitrogens with zero attached hydrogens (tertiary/aromatic N) is 2. The van der Waals surface area contributed by atoms with Crippen molar-refractivity contribution in [3.63, 3.8) is 0 Å². The monoisotopic (exact) mass is 431 g/mol. The van der Waals surface area contributed by atoms with Crippen molar-refractivity contribution in [3.8, 4) is 0 Å². The number of nitrogens with one attached hydrogen (secondary N) is 1. The molecule has 1 atom stereocenters. The molecule has 1 fully saturated rings. The number of thioether (sulfide) groups is 1. The summed E-state index contributed by atoms with van der Waals surface area (Å²) in [5, 5.41) is 15.9. The topological polar surface area (TPSA) is 91.1 Å². The lowest BCUT2D eigenvalue weighted by Gasteiger charge is -2.14. The van der Waals surface area contributed by atoms with E-state index in [1.165, 1.54) is 0 Å². The van der Waals surface area contributed by atoms with Crippen LogP contribution >= 0.6 is 11.8 Å². The average molecular weight is 431 g/mol. The van der Waals surface area contributed by atoms with Gasteiger partial charge in [0.1, 0.15) is 11.1 Å². The summed E-state index contributed by atoms with van der Waals surface area (Å²) in [6.45, 7) is 0. The van der Waals surface area contributed by atoms with Gasteiger partial charge in [0.25, 0.3) is 0 Å². The van der Waals surface area contributed by atoms with Crippen molar-refractivity contribution in [2.45, 2.75) is 24.0 Å². The molecule has 1 aliphatic rings. The summed E-state index contributed by atoms with van der Waals surface area (Å²) in [6.07, 6.45) is -10.8. The molecule has 0 bridgehead atoms. The molecule has 2 N–H and O–H groups in total. The summed E-state index contributed by atoms with van der Waals surface area (Å²) in [6, 6.07) is -0.370. The van der Waals surface area contributed by atoms with Crippen LogP contribution < -0.4 is 5.32 Å². The summed E-state index contributed by atoms with van der Waals surface area (Å²) in [5.41, 5.74) is -5.01. The van der Waals surface area contributed by atoms with Gasteiger partial charge in [0.05, 0.1) is 23.8 Å². The molecule has 1 heterocycles. The standard InChI is InChI=1S/C14H8F7N3O3S/c15-8-2-5(13(16,17)18)1-7(14(19,20)21)6(8)4-22-24-12-23-11(27)9(28-12)3-10(25)26/h1-2,4,9H,3H2,(H,25,26)(H,23,24,27). The van der Waals surface area contributed by atoms with Crippen LogP contribution in [-0.2, 0) is 21.9 Å². The number of hydrogen-bond acceptors (Lipinski definition) is 5. The van der Waals surface area contributed by atoms with Crippen LogP contribution in [0.15, 0.2) is 22.3 Å². The van der Waals surface area contributed by atoms with Crippen LogP contribution in [0.1, 0.15) is 23.1 Å². The van der Waals surface area contributed by atoms with E-state index in [0.717, 1.165) is 0 Å². The minimum absolute atomic E-state index is 0.112. The third-order valence-corrected chi connectivity index (χ3v) is 4.31. The van der Waals surface area contributed by atoms with Crippen LogP contribution in [0.2, 0.25) is 0 Å². The maximum atomic E-state index is 13.9. The molecule has 152 valence electrons. The molecule has 0 radical (unpaired) electrons. The van der Waals surface area contributed by atoms with Gasteiger partial charge < -0.3 is 10.4 Å². The van der Waals surface area contributed by atoms with Crippen molar-refractivity contribution in [3.05, 3.63) is 34.6 Å². The van der Waals surface area contributed by atoms with Crippen LogP contribution in [0, 0.1) is 5.82 Å². The van der Waals surface area contributed by atoms with Gasteiger partial charge in [-0.15, -0.1) is 5.10 Å². The highest BCUT2D eigenvalue weighted by molar-refractivity contribution is 8.15. The summed E-state index contributed by atoms with van der Waals surface area (Å²) in [5.74, 6) is -3.82. The van der Waals surface area contributed by atoms with Gasteiger partial charge in [-0.25, -0.2) is 4.39 Å². The molecule has 0 spiro atoms. The quantitative estimate of drug-likeness (QED) is 0.435. The maximum absolute atomic E-state index is 13.9. The van der Waals surface area contributed by atoms with Crippen LogP contribution in [0.4, 0.5) is 30.7 Å². The molecule has 14 heteroatoms. The van der Waals surface area contributed by atoms with Crippen molar-refractivity contribution in [2.75, 3.05) is 0 Å². The summed E-state index contributed by atoms with van der Waals surface area (Å²) < 4.78 is 90.7. The Hall–Kier alpha value is -2.64. The number of amides is 1. The van der Waals surface area contributed by atoms with Gasteiger partial charge in [0, 0.05) is 5.56 Å². The number of hydrogen-bond donors (Lipinski definition) is 2. The van der Waals surface area contributed by atoms with Gasteiger partial charge in [-0.3, -0.25) is 9.59 Å². The molecule has 6 nitrogen and oxygen atoms in total. The van der Waals surface area contributed by atoms with Gasteiger partial charge in [0.2, 0.25) is 5.91 Å². The smallest absolute Gasteiger partial charge is 0.417 e. The molecule has 1 saturated heterocycles. The first-order chi connectivity index (χ1) is 12.8. The van der Waals surface area contributed by atoms with Crippen molar-refractivity contribution >= 4 is 35.0 Å². The zero-order valence-corrected chi connectivity index (χ0v) is 14.0. The lowest BCUT2D eigenvalue weighted by Crippen LogP contribution is -2.26. The highest BCUT2D eigenvalue weighted by Crippen LogP contribution is 2.38. The Balaban J connectivity index is 2.33. The van der Waals surface area contributed by atoms with E-state index in [1.54, 1.807) is 0 Å². The van der Waals surface area contributed by atoms with Crippen molar-refractivity contribution in [2.24, 2.45) is 10.2 Å². The Morgan fingerprint density at radius 2 is 1.86 bits per heavy atom. The molecule has 1 aliphatic heterocycles. The number of rotatable bonds is 4. The minimum Gasteiger partial charge on any atom is -0.481 e. The molecule has 0 saturated carbocycles. The Kier molecular flexibility index (Phi) is 6.01. The van der Waals surface area contributed by atoms with Gasteiger partial charge in [0.15, 0.2) is 5.17 Å². The van der Waals surface area contributed by atoms with E-state index in [-0.39, 0.29) is 23.5 Å². The number of carbonyl (C=O) groups is 2. The molecule has 1 aromatic rings. The zero-order chi connectivity index (χ0) is 21.3. The van der Waals surface area contributed by atoms with E-state index in [2.05, 4.69) is 15.5 Å². The molecule has 2 rings (SSSR count). The Labute approximate surface area is 155 Å². The van der Waals surface area contributed by atoms with E-state index < -0.39 is 58.4 Å². The van der Waals surface area contributed by atoms with Gasteiger partial charge in [-0.1, -0.05) is 11.8 Å². The van der Waals surface area contributed by atoms with Crippen molar-refractivity contribution in [1.29, 1.82) is 0 Å². The third-order valence-electron chi connectivity index (χ3n) is 3.23. The van der Waals surface area contributed by atoms with E-state index in [4.69, 9.17) is 5.11 Å². The van der Waals surface area contributed by atoms with Crippen LogP contribution in [0.3, 0.4) is 0 Å². The van der Waals surface area contributed by atoms with Gasteiger partial charge in [-0.05, 0) is 12.1 Å². The number of halogens is 7. The third kappa shape index (κ3) is 5.21. The molecule has 1 amide bonds. The van der Waals surface area contributed by atoms with Gasteiger partial charge >= 0.3 is 18.3 Å². The van der Waals surface area contributed by atoms with Crippen molar-refractivity contribution < 1.29 is 45.4 Å².